The smallest absolute Gasteiger partial charge is 0.310 e. The van der Waals surface area contributed by atoms with Crippen LogP contribution in [-0.2, 0) is 30.3 Å². The van der Waals surface area contributed by atoms with Gasteiger partial charge in [-0.1, -0.05) is 32.0 Å². The van der Waals surface area contributed by atoms with Crippen molar-refractivity contribution in [3.63, 3.8) is 0 Å². The van der Waals surface area contributed by atoms with E-state index in [1.165, 1.54) is 0 Å². The zero-order chi connectivity index (χ0) is 34.5. The van der Waals surface area contributed by atoms with Crippen molar-refractivity contribution in [2.24, 2.45) is 5.92 Å². The summed E-state index contributed by atoms with van der Waals surface area (Å²) in [6.07, 6.45) is -1.29. The van der Waals surface area contributed by atoms with Crippen LogP contribution >= 0.6 is 0 Å². The van der Waals surface area contributed by atoms with Gasteiger partial charge in [0, 0.05) is 22.5 Å². The maximum Gasteiger partial charge on any atom is 0.310 e. The molecule has 248 valence electrons. The molecule has 1 unspecified atom stereocenters. The second kappa shape index (κ2) is 14.4. The Morgan fingerprint density at radius 1 is 0.957 bits per heavy atom. The Morgan fingerprint density at radius 3 is 2.13 bits per heavy atom. The molecule has 2 atom stereocenters. The first-order valence-corrected chi connectivity index (χ1v) is 14.0. The molecular weight excluding hydrogens is 618 g/mol. The number of aliphatic carboxylic acids is 1. The van der Waals surface area contributed by atoms with E-state index in [4.69, 9.17) is 4.74 Å². The molecule has 46 heavy (non-hydrogen) atoms. The molecule has 1 aromatic heterocycles. The van der Waals surface area contributed by atoms with Gasteiger partial charge in [0.05, 0.1) is 12.8 Å². The van der Waals surface area contributed by atoms with E-state index in [9.17, 15) is 46.6 Å². The Balaban J connectivity index is 1.82. The highest BCUT2D eigenvalue weighted by molar-refractivity contribution is 6.04. The fraction of sp³-hybridized carbons (Fsp3) is 0.387. The largest absolute Gasteiger partial charge is 0.481 e. The lowest BCUT2D eigenvalue weighted by atomic mass is 10.0. The number of H-pyrrole nitrogens is 1. The number of carboxylic acid groups (broad SMARTS) is 1. The molecule has 0 aliphatic heterocycles. The third-order valence-electron chi connectivity index (χ3n) is 6.53. The molecule has 0 bridgehead atoms. The second-order valence-electron chi connectivity index (χ2n) is 11.7. The van der Waals surface area contributed by atoms with Crippen molar-refractivity contribution in [2.75, 3.05) is 6.61 Å². The summed E-state index contributed by atoms with van der Waals surface area (Å²) in [5.41, 5.74) is -0.00927. The lowest BCUT2D eigenvalue weighted by Crippen LogP contribution is -2.54. The lowest BCUT2D eigenvalue weighted by molar-refractivity contribution is -0.154. The van der Waals surface area contributed by atoms with Crippen LogP contribution in [0.5, 0.6) is 5.75 Å². The minimum absolute atomic E-state index is 0.0385. The molecule has 0 saturated heterocycles. The van der Waals surface area contributed by atoms with Crippen molar-refractivity contribution < 1.29 is 56.1 Å². The first-order valence-electron chi connectivity index (χ1n) is 14.0. The molecule has 0 spiro atoms. The van der Waals surface area contributed by atoms with Crippen LogP contribution in [0.3, 0.4) is 0 Å². The topological polar surface area (TPSA) is 164 Å². The number of halogens is 4. The maximum absolute atomic E-state index is 14.0. The highest BCUT2D eigenvalue weighted by Crippen LogP contribution is 2.27. The van der Waals surface area contributed by atoms with Crippen molar-refractivity contribution in [2.45, 2.75) is 65.1 Å². The molecule has 11 nitrogen and oxygen atoms in total. The van der Waals surface area contributed by atoms with Crippen LogP contribution in [-0.4, -0.2) is 63.9 Å². The van der Waals surface area contributed by atoms with Gasteiger partial charge in [0.25, 0.3) is 5.91 Å². The number of ether oxygens (including phenoxy) is 2. The summed E-state index contributed by atoms with van der Waals surface area (Å²) in [5, 5.41) is 14.6. The number of benzene rings is 2. The summed E-state index contributed by atoms with van der Waals surface area (Å²) in [7, 11) is 0. The van der Waals surface area contributed by atoms with Crippen LogP contribution in [0.15, 0.2) is 30.3 Å². The third-order valence-corrected chi connectivity index (χ3v) is 6.53. The molecule has 3 rings (SSSR count). The summed E-state index contributed by atoms with van der Waals surface area (Å²) < 4.78 is 65.0. The second-order valence-corrected chi connectivity index (χ2v) is 11.7. The van der Waals surface area contributed by atoms with Gasteiger partial charge in [-0.3, -0.25) is 24.0 Å². The van der Waals surface area contributed by atoms with E-state index in [0.717, 1.165) is 0 Å². The summed E-state index contributed by atoms with van der Waals surface area (Å²) >= 11 is 0. The minimum atomic E-state index is -1.92. The van der Waals surface area contributed by atoms with Crippen LogP contribution < -0.4 is 15.4 Å². The number of esters is 1. The number of carbonyl (C=O) groups excluding carboxylic acids is 4. The van der Waals surface area contributed by atoms with Crippen LogP contribution in [0.4, 0.5) is 17.6 Å². The molecule has 2 amide bonds. The Kier molecular flexibility index (Phi) is 11.1. The minimum Gasteiger partial charge on any atom is -0.481 e. The van der Waals surface area contributed by atoms with Gasteiger partial charge in [0.1, 0.15) is 30.0 Å². The molecule has 2 aromatic carbocycles. The van der Waals surface area contributed by atoms with Gasteiger partial charge < -0.3 is 30.2 Å². The van der Waals surface area contributed by atoms with Gasteiger partial charge in [0.2, 0.25) is 17.5 Å². The van der Waals surface area contributed by atoms with E-state index < -0.39 is 95.2 Å². The summed E-state index contributed by atoms with van der Waals surface area (Å²) in [6, 6.07) is 3.53. The van der Waals surface area contributed by atoms with E-state index in [0.29, 0.717) is 16.5 Å². The average molecular weight is 652 g/mol. The van der Waals surface area contributed by atoms with Gasteiger partial charge in [-0.25, -0.2) is 8.78 Å². The van der Waals surface area contributed by atoms with Gasteiger partial charge in [0.15, 0.2) is 23.2 Å². The summed E-state index contributed by atoms with van der Waals surface area (Å²) in [4.78, 5) is 66.7. The molecular formula is C31H33F4N3O8. The SMILES string of the molecule is CC(C)[C@H](NC(=O)c1[nH]c2ccccc2c1CC(=O)OC(C)(C)C)C(=O)NC(CC(=O)O)C(=O)COc1c(F)c(F)cc(F)c1F. The molecule has 1 heterocycles. The molecule has 4 N–H and O–H groups in total. The quantitative estimate of drug-likeness (QED) is 0.123. The molecule has 15 heteroatoms. The van der Waals surface area contributed by atoms with Crippen LogP contribution in [0.2, 0.25) is 0 Å². The fourth-order valence-electron chi connectivity index (χ4n) is 4.45. The molecule has 3 aromatic rings. The lowest BCUT2D eigenvalue weighted by Gasteiger charge is -2.25. The zero-order valence-electron chi connectivity index (χ0n) is 25.6. The highest BCUT2D eigenvalue weighted by Gasteiger charge is 2.32. The number of fused-ring (bicyclic) bond motifs is 1. The van der Waals surface area contributed by atoms with Crippen molar-refractivity contribution in [1.29, 1.82) is 0 Å². The predicted molar refractivity (Wildman–Crippen MR) is 155 cm³/mol. The number of hydrogen-bond acceptors (Lipinski definition) is 7. The summed E-state index contributed by atoms with van der Waals surface area (Å²) in [6.45, 7) is 6.90. The fourth-order valence-corrected chi connectivity index (χ4v) is 4.45. The number of carboxylic acids is 1. The summed E-state index contributed by atoms with van der Waals surface area (Å²) in [5.74, 6) is -14.8. The first-order chi connectivity index (χ1) is 21.4. The van der Waals surface area contributed by atoms with Gasteiger partial charge in [-0.15, -0.1) is 0 Å². The number of aromatic nitrogens is 1. The standard InChI is InChI=1S/C31H33F4N3O8/c1-14(2)26(38-30(44)27-16(10-23(42)46-31(3,4)5)15-8-6-7-9-19(15)36-27)29(43)37-20(12-22(40)41)21(39)13-45-28-24(34)17(32)11-18(33)25(28)35/h6-9,11,14,20,26,36H,10,12-13H2,1-5H3,(H,37,43)(H,38,44)(H,40,41)/t20?,26-/m0/s1. The Morgan fingerprint density at radius 2 is 1.57 bits per heavy atom. The molecule has 0 aliphatic rings. The van der Waals surface area contributed by atoms with Crippen LogP contribution in [0, 0.1) is 29.2 Å². The van der Waals surface area contributed by atoms with Gasteiger partial charge >= 0.3 is 11.9 Å². The van der Waals surface area contributed by atoms with E-state index in [1.807, 2.05) is 0 Å². The van der Waals surface area contributed by atoms with Gasteiger partial charge in [-0.2, -0.15) is 8.78 Å². The Bertz CT molecular complexity index is 1640. The van der Waals surface area contributed by atoms with Crippen LogP contribution in [0.25, 0.3) is 10.9 Å². The van der Waals surface area contributed by atoms with Crippen molar-refractivity contribution in [3.8, 4) is 5.75 Å². The number of nitrogens with one attached hydrogen (secondary N) is 3. The number of amides is 2. The van der Waals surface area contributed by atoms with Crippen molar-refractivity contribution in [3.05, 3.63) is 64.9 Å². The number of carbonyl (C=O) groups is 5. The number of hydrogen-bond donors (Lipinski definition) is 4. The molecule has 0 fully saturated rings. The predicted octanol–water partition coefficient (Wildman–Crippen LogP) is 3.97. The number of Topliss-reactive ketones (excluding diaryl/α,β-unsaturated/α-hetero) is 1. The van der Waals surface area contributed by atoms with E-state index in [2.05, 4.69) is 20.4 Å². The molecule has 0 radical (unpaired) electrons. The van der Waals surface area contributed by atoms with Crippen molar-refractivity contribution >= 4 is 40.4 Å². The number of aromatic amines is 1. The van der Waals surface area contributed by atoms with Crippen LogP contribution in [0.1, 0.15) is 57.1 Å². The molecule has 0 aliphatic carbocycles. The third kappa shape index (κ3) is 8.82. The number of rotatable bonds is 13. The Labute approximate surface area is 260 Å². The number of ketones is 1. The Hall–Kier alpha value is -4.95. The normalized spacial score (nSPS) is 12.8. The van der Waals surface area contributed by atoms with Crippen molar-refractivity contribution in [1.82, 2.24) is 15.6 Å². The molecule has 0 saturated carbocycles. The monoisotopic (exact) mass is 651 g/mol. The van der Waals surface area contributed by atoms with E-state index in [-0.39, 0.29) is 18.2 Å². The van der Waals surface area contributed by atoms with Gasteiger partial charge in [-0.05, 0) is 32.8 Å². The number of para-hydroxylation sites is 1. The average Bonchev–Trinajstić information content (AvgIpc) is 3.30. The van der Waals surface area contributed by atoms with E-state index >= 15 is 0 Å². The maximum atomic E-state index is 14.0. The first kappa shape index (κ1) is 35.5. The highest BCUT2D eigenvalue weighted by atomic mass is 19.2. The van der Waals surface area contributed by atoms with E-state index in [1.54, 1.807) is 58.9 Å². The zero-order valence-corrected chi connectivity index (χ0v) is 25.6.